The average molecular weight is 461 g/mol. The van der Waals surface area contributed by atoms with Crippen LogP contribution in [-0.2, 0) is 22.7 Å². The Balaban J connectivity index is 1.74. The standard InChI is InChI=1S/C28H32N2O2S/c1-3-4-19-29(27(31)18-16-24-11-7-5-8-12-24)22-28(32)30(20-25-13-9-6-10-14-25)21-26-17-15-23(2)33-26/h5-18H,3-4,19-22H2,1-2H3/b18-16+. The Morgan fingerprint density at radius 3 is 2.21 bits per heavy atom. The Morgan fingerprint density at radius 1 is 0.879 bits per heavy atom. The van der Waals surface area contributed by atoms with E-state index in [1.54, 1.807) is 22.3 Å². The van der Waals surface area contributed by atoms with Gasteiger partial charge in [-0.1, -0.05) is 74.0 Å². The van der Waals surface area contributed by atoms with Crippen LogP contribution in [0.2, 0.25) is 0 Å². The van der Waals surface area contributed by atoms with E-state index in [0.717, 1.165) is 28.8 Å². The van der Waals surface area contributed by atoms with Crippen molar-refractivity contribution in [3.05, 3.63) is 99.8 Å². The molecule has 0 aliphatic rings. The third-order valence-corrected chi connectivity index (χ3v) is 6.33. The zero-order valence-corrected chi connectivity index (χ0v) is 20.3. The molecule has 0 atom stereocenters. The predicted molar refractivity (Wildman–Crippen MR) is 137 cm³/mol. The Hall–Kier alpha value is -3.18. The Morgan fingerprint density at radius 2 is 1.58 bits per heavy atom. The van der Waals surface area contributed by atoms with Crippen molar-refractivity contribution in [3.63, 3.8) is 0 Å². The molecule has 3 aromatic rings. The molecule has 0 saturated carbocycles. The van der Waals surface area contributed by atoms with Crippen LogP contribution in [0.5, 0.6) is 0 Å². The van der Waals surface area contributed by atoms with Crippen molar-refractivity contribution in [1.29, 1.82) is 0 Å². The van der Waals surface area contributed by atoms with Crippen molar-refractivity contribution in [2.24, 2.45) is 0 Å². The van der Waals surface area contributed by atoms with E-state index < -0.39 is 0 Å². The number of unbranched alkanes of at least 4 members (excludes halogenated alkanes) is 1. The van der Waals surface area contributed by atoms with Crippen LogP contribution in [0.1, 0.15) is 40.6 Å². The lowest BCUT2D eigenvalue weighted by molar-refractivity contribution is -0.139. The van der Waals surface area contributed by atoms with E-state index >= 15 is 0 Å². The van der Waals surface area contributed by atoms with Gasteiger partial charge >= 0.3 is 0 Å². The van der Waals surface area contributed by atoms with Crippen LogP contribution in [0.25, 0.3) is 6.08 Å². The van der Waals surface area contributed by atoms with Crippen molar-refractivity contribution >= 4 is 29.2 Å². The lowest BCUT2D eigenvalue weighted by atomic mass is 10.2. The molecule has 0 unspecified atom stereocenters. The van der Waals surface area contributed by atoms with Gasteiger partial charge in [-0.3, -0.25) is 9.59 Å². The third kappa shape index (κ3) is 8.03. The summed E-state index contributed by atoms with van der Waals surface area (Å²) in [6, 6.07) is 23.9. The van der Waals surface area contributed by atoms with Crippen LogP contribution >= 0.6 is 11.3 Å². The number of aryl methyl sites for hydroxylation is 1. The smallest absolute Gasteiger partial charge is 0.247 e. The predicted octanol–water partition coefficient (Wildman–Crippen LogP) is 5.93. The monoisotopic (exact) mass is 460 g/mol. The quantitative estimate of drug-likeness (QED) is 0.333. The second kappa shape index (κ2) is 12.8. The van der Waals surface area contributed by atoms with E-state index in [-0.39, 0.29) is 18.4 Å². The molecule has 33 heavy (non-hydrogen) atoms. The number of rotatable bonds is 11. The van der Waals surface area contributed by atoms with Gasteiger partial charge in [0.25, 0.3) is 0 Å². The number of thiophene rings is 1. The first-order chi connectivity index (χ1) is 16.0. The second-order valence-corrected chi connectivity index (χ2v) is 9.48. The van der Waals surface area contributed by atoms with E-state index in [0.29, 0.717) is 19.6 Å². The molecule has 5 heteroatoms. The summed E-state index contributed by atoms with van der Waals surface area (Å²) in [7, 11) is 0. The number of carbonyl (C=O) groups excluding carboxylic acids is 2. The molecular weight excluding hydrogens is 428 g/mol. The van der Waals surface area contributed by atoms with Gasteiger partial charge in [-0.15, -0.1) is 11.3 Å². The van der Waals surface area contributed by atoms with Gasteiger partial charge in [-0.05, 0) is 42.7 Å². The molecule has 4 nitrogen and oxygen atoms in total. The SMILES string of the molecule is CCCCN(CC(=O)N(Cc1ccccc1)Cc1ccc(C)s1)C(=O)/C=C/c1ccccc1. The molecule has 0 aliphatic heterocycles. The molecule has 1 heterocycles. The topological polar surface area (TPSA) is 40.6 Å². The van der Waals surface area contributed by atoms with E-state index in [2.05, 4.69) is 26.0 Å². The summed E-state index contributed by atoms with van der Waals surface area (Å²) in [6.45, 7) is 5.87. The van der Waals surface area contributed by atoms with Crippen LogP contribution in [0.4, 0.5) is 0 Å². The average Bonchev–Trinajstić information content (AvgIpc) is 3.25. The summed E-state index contributed by atoms with van der Waals surface area (Å²) >= 11 is 1.70. The first-order valence-electron chi connectivity index (χ1n) is 11.4. The number of hydrogen-bond donors (Lipinski definition) is 0. The number of carbonyl (C=O) groups is 2. The molecule has 0 N–H and O–H groups in total. The third-order valence-electron chi connectivity index (χ3n) is 5.35. The van der Waals surface area contributed by atoms with Crippen molar-refractivity contribution in [2.45, 2.75) is 39.8 Å². The fourth-order valence-corrected chi connectivity index (χ4v) is 4.42. The summed E-state index contributed by atoms with van der Waals surface area (Å²) < 4.78 is 0. The maximum Gasteiger partial charge on any atom is 0.247 e. The lowest BCUT2D eigenvalue weighted by Crippen LogP contribution is -2.42. The van der Waals surface area contributed by atoms with Crippen LogP contribution in [-0.4, -0.2) is 34.7 Å². The first kappa shape index (κ1) is 24.5. The van der Waals surface area contributed by atoms with Crippen molar-refractivity contribution in [1.82, 2.24) is 9.80 Å². The van der Waals surface area contributed by atoms with E-state index in [1.807, 2.05) is 71.6 Å². The molecule has 0 fully saturated rings. The summed E-state index contributed by atoms with van der Waals surface area (Å²) in [5.74, 6) is -0.172. The Labute approximate surface area is 201 Å². The van der Waals surface area contributed by atoms with Gasteiger partial charge in [0, 0.05) is 28.9 Å². The minimum Gasteiger partial charge on any atom is -0.332 e. The fourth-order valence-electron chi connectivity index (χ4n) is 3.51. The molecule has 0 bridgehead atoms. The Kier molecular flexibility index (Phi) is 9.45. The normalized spacial score (nSPS) is 11.0. The van der Waals surface area contributed by atoms with Gasteiger partial charge < -0.3 is 9.80 Å². The molecule has 0 radical (unpaired) electrons. The first-order valence-corrected chi connectivity index (χ1v) is 12.3. The second-order valence-electron chi connectivity index (χ2n) is 8.11. The summed E-state index contributed by atoms with van der Waals surface area (Å²) in [4.78, 5) is 32.3. The molecule has 3 rings (SSSR count). The minimum atomic E-state index is -0.132. The number of amides is 2. The zero-order valence-electron chi connectivity index (χ0n) is 19.4. The van der Waals surface area contributed by atoms with Gasteiger partial charge in [-0.2, -0.15) is 0 Å². The molecule has 2 amide bonds. The van der Waals surface area contributed by atoms with Gasteiger partial charge in [0.15, 0.2) is 0 Å². The highest BCUT2D eigenvalue weighted by atomic mass is 32.1. The molecule has 1 aromatic heterocycles. The molecule has 172 valence electrons. The van der Waals surface area contributed by atoms with Gasteiger partial charge in [0.05, 0.1) is 6.54 Å². The Bertz CT molecular complexity index is 1040. The van der Waals surface area contributed by atoms with Crippen LogP contribution in [0, 0.1) is 6.92 Å². The number of hydrogen-bond acceptors (Lipinski definition) is 3. The van der Waals surface area contributed by atoms with Crippen molar-refractivity contribution < 1.29 is 9.59 Å². The molecular formula is C28H32N2O2S. The van der Waals surface area contributed by atoms with Gasteiger partial charge in [0.2, 0.25) is 11.8 Å². The van der Waals surface area contributed by atoms with Crippen molar-refractivity contribution in [2.75, 3.05) is 13.1 Å². The maximum absolute atomic E-state index is 13.4. The van der Waals surface area contributed by atoms with E-state index in [4.69, 9.17) is 0 Å². The van der Waals surface area contributed by atoms with Gasteiger partial charge in [-0.25, -0.2) is 0 Å². The van der Waals surface area contributed by atoms with Crippen molar-refractivity contribution in [3.8, 4) is 0 Å². The highest BCUT2D eigenvalue weighted by Gasteiger charge is 2.21. The largest absolute Gasteiger partial charge is 0.332 e. The molecule has 2 aromatic carbocycles. The minimum absolute atomic E-state index is 0.0394. The zero-order chi connectivity index (χ0) is 23.5. The fraction of sp³-hybridized carbons (Fsp3) is 0.286. The molecule has 0 saturated heterocycles. The number of nitrogens with zero attached hydrogens (tertiary/aromatic N) is 2. The van der Waals surface area contributed by atoms with Crippen LogP contribution in [0.15, 0.2) is 78.9 Å². The summed E-state index contributed by atoms with van der Waals surface area (Å²) in [6.07, 6.45) is 5.20. The van der Waals surface area contributed by atoms with Gasteiger partial charge in [0.1, 0.15) is 6.54 Å². The lowest BCUT2D eigenvalue weighted by Gasteiger charge is -2.27. The number of benzene rings is 2. The highest BCUT2D eigenvalue weighted by Crippen LogP contribution is 2.19. The van der Waals surface area contributed by atoms with Crippen LogP contribution in [0.3, 0.4) is 0 Å². The summed E-state index contributed by atoms with van der Waals surface area (Å²) in [5, 5.41) is 0. The molecule has 0 aliphatic carbocycles. The summed E-state index contributed by atoms with van der Waals surface area (Å²) in [5.41, 5.74) is 2.04. The van der Waals surface area contributed by atoms with E-state index in [1.165, 1.54) is 4.88 Å². The molecule has 0 spiro atoms. The maximum atomic E-state index is 13.4. The van der Waals surface area contributed by atoms with E-state index in [9.17, 15) is 9.59 Å². The highest BCUT2D eigenvalue weighted by molar-refractivity contribution is 7.11. The van der Waals surface area contributed by atoms with Crippen LogP contribution < -0.4 is 0 Å².